The van der Waals surface area contributed by atoms with Crippen LogP contribution in [0.15, 0.2) is 41.1 Å². The lowest BCUT2D eigenvalue weighted by atomic mass is 10.0. The summed E-state index contributed by atoms with van der Waals surface area (Å²) in [5.41, 5.74) is 1.97. The normalized spacial score (nSPS) is 20.3. The number of allylic oxidation sites excluding steroid dienone is 1. The number of amides is 1. The predicted octanol–water partition coefficient (Wildman–Crippen LogP) is 3.01. The van der Waals surface area contributed by atoms with Gasteiger partial charge in [0.15, 0.2) is 0 Å². The number of methoxy groups -OCH3 is 1. The Bertz CT molecular complexity index is 741. The van der Waals surface area contributed by atoms with Crippen molar-refractivity contribution in [2.24, 2.45) is 0 Å². The second kappa shape index (κ2) is 6.51. The molecule has 3 rings (SSSR count). The van der Waals surface area contributed by atoms with Gasteiger partial charge in [0.2, 0.25) is 0 Å². The molecule has 1 aliphatic carbocycles. The first-order chi connectivity index (χ1) is 11.5. The van der Waals surface area contributed by atoms with Gasteiger partial charge in [0, 0.05) is 11.7 Å². The Labute approximate surface area is 141 Å². The second-order valence-electron chi connectivity index (χ2n) is 6.22. The minimum absolute atomic E-state index is 0.114. The summed E-state index contributed by atoms with van der Waals surface area (Å²) in [6.45, 7) is 1.80. The molecule has 1 heterocycles. The first-order valence-electron chi connectivity index (χ1n) is 8.16. The van der Waals surface area contributed by atoms with Gasteiger partial charge in [-0.1, -0.05) is 25.0 Å². The van der Waals surface area contributed by atoms with Crippen molar-refractivity contribution in [3.05, 3.63) is 46.7 Å². The zero-order valence-corrected chi connectivity index (χ0v) is 13.9. The van der Waals surface area contributed by atoms with Crippen molar-refractivity contribution in [2.45, 2.75) is 38.6 Å². The van der Waals surface area contributed by atoms with E-state index in [1.54, 1.807) is 42.2 Å². The van der Waals surface area contributed by atoms with Crippen molar-refractivity contribution in [3.8, 4) is 5.75 Å². The number of nitrogens with zero attached hydrogens (tertiary/aromatic N) is 1. The summed E-state index contributed by atoms with van der Waals surface area (Å²) in [7, 11) is 1.32. The van der Waals surface area contributed by atoms with Crippen LogP contribution in [-0.2, 0) is 14.3 Å². The molecule has 0 radical (unpaired) electrons. The summed E-state index contributed by atoms with van der Waals surface area (Å²) in [6.07, 6.45) is 5.75. The zero-order chi connectivity index (χ0) is 17.3. The molecule has 1 amide bonds. The lowest BCUT2D eigenvalue weighted by molar-refractivity contribution is -0.136. The molecule has 5 heteroatoms. The molecule has 5 nitrogen and oxygen atoms in total. The quantitative estimate of drug-likeness (QED) is 0.684. The van der Waals surface area contributed by atoms with Crippen molar-refractivity contribution >= 4 is 18.0 Å². The first-order valence-corrected chi connectivity index (χ1v) is 8.16. The molecule has 24 heavy (non-hydrogen) atoms. The number of hydrogen-bond donors (Lipinski definition) is 1. The van der Waals surface area contributed by atoms with Gasteiger partial charge < -0.3 is 14.7 Å². The maximum Gasteiger partial charge on any atom is 0.340 e. The largest absolute Gasteiger partial charge is 0.508 e. The minimum atomic E-state index is -0.507. The Kier molecular flexibility index (Phi) is 4.42. The molecule has 1 aliphatic heterocycles. The molecule has 1 saturated carbocycles. The van der Waals surface area contributed by atoms with Crippen LogP contribution in [0.1, 0.15) is 38.2 Å². The Morgan fingerprint density at radius 3 is 2.67 bits per heavy atom. The predicted molar refractivity (Wildman–Crippen MR) is 89.9 cm³/mol. The summed E-state index contributed by atoms with van der Waals surface area (Å²) in [5.74, 6) is -0.557. The maximum atomic E-state index is 13.0. The molecule has 0 spiro atoms. The monoisotopic (exact) mass is 327 g/mol. The fraction of sp³-hybridized carbons (Fsp3) is 0.368. The summed E-state index contributed by atoms with van der Waals surface area (Å²) in [5, 5.41) is 9.62. The van der Waals surface area contributed by atoms with E-state index in [-0.39, 0.29) is 17.7 Å². The van der Waals surface area contributed by atoms with E-state index in [9.17, 15) is 14.7 Å². The van der Waals surface area contributed by atoms with Gasteiger partial charge in [0.25, 0.3) is 5.91 Å². The molecule has 1 aromatic carbocycles. The number of ether oxygens (including phenoxy) is 1. The van der Waals surface area contributed by atoms with Gasteiger partial charge in [-0.2, -0.15) is 0 Å². The Hall–Kier alpha value is -2.56. The number of carbonyl (C=O) groups excluding carboxylic acids is 2. The van der Waals surface area contributed by atoms with Crippen LogP contribution in [0.3, 0.4) is 0 Å². The molecule has 0 unspecified atom stereocenters. The van der Waals surface area contributed by atoms with Crippen molar-refractivity contribution in [3.63, 3.8) is 0 Å². The molecule has 1 N–H and O–H groups in total. The third-order valence-electron chi connectivity index (χ3n) is 4.70. The lowest BCUT2D eigenvalue weighted by Crippen LogP contribution is -2.34. The molecule has 1 fully saturated rings. The van der Waals surface area contributed by atoms with E-state index in [1.807, 2.05) is 0 Å². The number of aromatic hydroxyl groups is 1. The van der Waals surface area contributed by atoms with Crippen LogP contribution < -0.4 is 0 Å². The summed E-state index contributed by atoms with van der Waals surface area (Å²) < 4.78 is 4.89. The van der Waals surface area contributed by atoms with E-state index in [0.717, 1.165) is 25.7 Å². The van der Waals surface area contributed by atoms with Gasteiger partial charge >= 0.3 is 5.97 Å². The molecule has 1 aromatic rings. The first kappa shape index (κ1) is 16.3. The van der Waals surface area contributed by atoms with Crippen molar-refractivity contribution in [1.82, 2.24) is 4.90 Å². The van der Waals surface area contributed by atoms with Crippen molar-refractivity contribution in [1.29, 1.82) is 0 Å². The molecule has 0 bridgehead atoms. The number of phenols is 1. The molecule has 0 saturated heterocycles. The zero-order valence-electron chi connectivity index (χ0n) is 13.9. The van der Waals surface area contributed by atoms with E-state index in [4.69, 9.17) is 4.74 Å². The summed E-state index contributed by atoms with van der Waals surface area (Å²) in [4.78, 5) is 27.0. The average molecular weight is 327 g/mol. The SMILES string of the molecule is COC(=O)C1=C(C)N(C2CCCC2)C(=O)C1=Cc1cccc(O)c1. The van der Waals surface area contributed by atoms with E-state index in [1.165, 1.54) is 7.11 Å². The lowest BCUT2D eigenvalue weighted by Gasteiger charge is -2.25. The van der Waals surface area contributed by atoms with Crippen LogP contribution in [0.4, 0.5) is 0 Å². The number of carbonyl (C=O) groups is 2. The number of rotatable bonds is 3. The summed E-state index contributed by atoms with van der Waals surface area (Å²) in [6, 6.07) is 6.74. The molecule has 0 atom stereocenters. The highest BCUT2D eigenvalue weighted by molar-refractivity contribution is 6.16. The Morgan fingerprint density at radius 1 is 1.33 bits per heavy atom. The average Bonchev–Trinajstić information content (AvgIpc) is 3.15. The molecular weight excluding hydrogens is 306 g/mol. The van der Waals surface area contributed by atoms with Crippen LogP contribution >= 0.6 is 0 Å². The second-order valence-corrected chi connectivity index (χ2v) is 6.22. The van der Waals surface area contributed by atoms with E-state index < -0.39 is 5.97 Å². The van der Waals surface area contributed by atoms with Crippen LogP contribution in [0.5, 0.6) is 5.75 Å². The highest BCUT2D eigenvalue weighted by Gasteiger charge is 2.40. The minimum Gasteiger partial charge on any atom is -0.508 e. The van der Waals surface area contributed by atoms with E-state index in [2.05, 4.69) is 0 Å². The smallest absolute Gasteiger partial charge is 0.340 e. The van der Waals surface area contributed by atoms with E-state index >= 15 is 0 Å². The third-order valence-corrected chi connectivity index (χ3v) is 4.70. The third kappa shape index (κ3) is 2.82. The fourth-order valence-electron chi connectivity index (χ4n) is 3.58. The molecule has 2 aliphatic rings. The van der Waals surface area contributed by atoms with Gasteiger partial charge in [0.1, 0.15) is 5.75 Å². The van der Waals surface area contributed by atoms with Crippen LogP contribution in [0.25, 0.3) is 6.08 Å². The number of esters is 1. The number of phenolic OH excluding ortho intramolecular Hbond substituents is 1. The topological polar surface area (TPSA) is 66.8 Å². The standard InChI is InChI=1S/C19H21NO4/c1-12-17(19(23)24-2)16(11-13-6-5-9-15(21)10-13)18(22)20(12)14-7-3-4-8-14/h5-6,9-11,14,21H,3-4,7-8H2,1-2H3. The van der Waals surface area contributed by atoms with Crippen LogP contribution in [0, 0.1) is 0 Å². The molecule has 0 aromatic heterocycles. The number of benzene rings is 1. The van der Waals surface area contributed by atoms with Gasteiger partial charge in [-0.15, -0.1) is 0 Å². The number of hydrogen-bond acceptors (Lipinski definition) is 4. The highest BCUT2D eigenvalue weighted by atomic mass is 16.5. The fourth-order valence-corrected chi connectivity index (χ4v) is 3.58. The Morgan fingerprint density at radius 2 is 2.04 bits per heavy atom. The van der Waals surface area contributed by atoms with Crippen LogP contribution in [0.2, 0.25) is 0 Å². The van der Waals surface area contributed by atoms with Crippen molar-refractivity contribution < 1.29 is 19.4 Å². The highest BCUT2D eigenvalue weighted by Crippen LogP contribution is 2.37. The van der Waals surface area contributed by atoms with Gasteiger partial charge in [-0.25, -0.2) is 4.79 Å². The van der Waals surface area contributed by atoms with Crippen LogP contribution in [-0.4, -0.2) is 35.0 Å². The van der Waals surface area contributed by atoms with Gasteiger partial charge in [0.05, 0.1) is 18.3 Å². The maximum absolute atomic E-state index is 13.0. The van der Waals surface area contributed by atoms with Gasteiger partial charge in [-0.3, -0.25) is 4.79 Å². The summed E-state index contributed by atoms with van der Waals surface area (Å²) >= 11 is 0. The Balaban J connectivity index is 2.06. The van der Waals surface area contributed by atoms with Crippen molar-refractivity contribution in [2.75, 3.05) is 7.11 Å². The molecule has 126 valence electrons. The van der Waals surface area contributed by atoms with Gasteiger partial charge in [-0.05, 0) is 43.5 Å². The molecular formula is C19H21NO4. The van der Waals surface area contributed by atoms with E-state index in [0.29, 0.717) is 22.4 Å².